The van der Waals surface area contributed by atoms with Crippen LogP contribution in [0.2, 0.25) is 0 Å². The third-order valence-electron chi connectivity index (χ3n) is 8.91. The van der Waals surface area contributed by atoms with Crippen LogP contribution in [-0.2, 0) is 0 Å². The summed E-state index contributed by atoms with van der Waals surface area (Å²) in [5.41, 5.74) is 1.23. The van der Waals surface area contributed by atoms with Crippen molar-refractivity contribution in [3.05, 3.63) is 11.6 Å². The summed E-state index contributed by atoms with van der Waals surface area (Å²) in [7, 11) is 0. The van der Waals surface area contributed by atoms with Gasteiger partial charge in [0.25, 0.3) is 0 Å². The van der Waals surface area contributed by atoms with Crippen molar-refractivity contribution in [2.75, 3.05) is 6.61 Å². The van der Waals surface area contributed by atoms with Crippen molar-refractivity contribution in [3.63, 3.8) is 0 Å². The second-order valence-electron chi connectivity index (χ2n) is 9.65. The fraction of sp³-hybridized carbons (Fsp3) is 0.905. The molecule has 2 unspecified atom stereocenters. The van der Waals surface area contributed by atoms with Crippen LogP contribution in [0.3, 0.4) is 0 Å². The van der Waals surface area contributed by atoms with Crippen molar-refractivity contribution < 1.29 is 10.2 Å². The SMILES string of the molecule is CC1C[C@@H]2[C@@H](CC[C@@]3(C)[C@H]2CCC3(C)O)[C@@]2(CO)CCCC=C12. The first-order valence-electron chi connectivity index (χ1n) is 9.89. The molecule has 0 aromatic rings. The van der Waals surface area contributed by atoms with Crippen LogP contribution < -0.4 is 0 Å². The molecule has 3 saturated carbocycles. The van der Waals surface area contributed by atoms with Gasteiger partial charge in [0.15, 0.2) is 0 Å². The van der Waals surface area contributed by atoms with Gasteiger partial charge in [0, 0.05) is 5.41 Å². The first kappa shape index (κ1) is 16.1. The van der Waals surface area contributed by atoms with Gasteiger partial charge in [-0.15, -0.1) is 0 Å². The van der Waals surface area contributed by atoms with E-state index >= 15 is 0 Å². The van der Waals surface area contributed by atoms with Crippen LogP contribution in [0, 0.1) is 34.5 Å². The molecule has 0 spiro atoms. The molecule has 4 rings (SSSR count). The Morgan fingerprint density at radius 3 is 2.61 bits per heavy atom. The van der Waals surface area contributed by atoms with Crippen molar-refractivity contribution in [1.82, 2.24) is 0 Å². The summed E-state index contributed by atoms with van der Waals surface area (Å²) in [6, 6.07) is 0. The molecule has 130 valence electrons. The lowest BCUT2D eigenvalue weighted by atomic mass is 9.44. The van der Waals surface area contributed by atoms with Crippen LogP contribution in [0.25, 0.3) is 0 Å². The molecule has 0 aromatic heterocycles. The second kappa shape index (κ2) is 5.08. The summed E-state index contributed by atoms with van der Waals surface area (Å²) in [6.07, 6.45) is 11.8. The van der Waals surface area contributed by atoms with Crippen molar-refractivity contribution in [3.8, 4) is 0 Å². The molecular weight excluding hydrogens is 284 g/mol. The molecule has 2 N–H and O–H groups in total. The molecule has 0 saturated heterocycles. The zero-order valence-electron chi connectivity index (χ0n) is 15.1. The number of allylic oxidation sites excluding steroid dienone is 1. The Labute approximate surface area is 141 Å². The zero-order valence-corrected chi connectivity index (χ0v) is 15.1. The van der Waals surface area contributed by atoms with E-state index in [9.17, 15) is 10.2 Å². The Bertz CT molecular complexity index is 522. The molecule has 4 aliphatic carbocycles. The van der Waals surface area contributed by atoms with E-state index in [1.165, 1.54) is 38.5 Å². The van der Waals surface area contributed by atoms with Gasteiger partial charge in [0.2, 0.25) is 0 Å². The largest absolute Gasteiger partial charge is 0.395 e. The summed E-state index contributed by atoms with van der Waals surface area (Å²) in [4.78, 5) is 0. The Hall–Kier alpha value is -0.340. The van der Waals surface area contributed by atoms with Crippen LogP contribution in [0.1, 0.15) is 72.1 Å². The maximum absolute atomic E-state index is 11.0. The summed E-state index contributed by atoms with van der Waals surface area (Å²) in [6.45, 7) is 7.15. The van der Waals surface area contributed by atoms with Gasteiger partial charge in [-0.25, -0.2) is 0 Å². The van der Waals surface area contributed by atoms with E-state index in [1.807, 2.05) is 0 Å². The minimum absolute atomic E-state index is 0.0658. The maximum atomic E-state index is 11.0. The number of fused-ring (bicyclic) bond motifs is 5. The summed E-state index contributed by atoms with van der Waals surface area (Å²) < 4.78 is 0. The van der Waals surface area contributed by atoms with Crippen molar-refractivity contribution in [1.29, 1.82) is 0 Å². The van der Waals surface area contributed by atoms with Gasteiger partial charge < -0.3 is 10.2 Å². The van der Waals surface area contributed by atoms with Gasteiger partial charge in [-0.3, -0.25) is 0 Å². The van der Waals surface area contributed by atoms with Gasteiger partial charge in [0.1, 0.15) is 0 Å². The van der Waals surface area contributed by atoms with Crippen molar-refractivity contribution >= 4 is 0 Å². The Morgan fingerprint density at radius 1 is 1.13 bits per heavy atom. The van der Waals surface area contributed by atoms with E-state index in [4.69, 9.17) is 0 Å². The van der Waals surface area contributed by atoms with Gasteiger partial charge >= 0.3 is 0 Å². The predicted molar refractivity (Wildman–Crippen MR) is 92.9 cm³/mol. The lowest BCUT2D eigenvalue weighted by molar-refractivity contribution is -0.131. The van der Waals surface area contributed by atoms with Gasteiger partial charge in [-0.2, -0.15) is 0 Å². The second-order valence-corrected chi connectivity index (χ2v) is 9.65. The normalized spacial score (nSPS) is 55.6. The highest BCUT2D eigenvalue weighted by molar-refractivity contribution is 5.27. The van der Waals surface area contributed by atoms with Crippen LogP contribution >= 0.6 is 0 Å². The fourth-order valence-electron chi connectivity index (χ4n) is 7.48. The van der Waals surface area contributed by atoms with E-state index in [0.717, 1.165) is 12.8 Å². The molecular formula is C21H34O2. The zero-order chi connectivity index (χ0) is 16.5. The van der Waals surface area contributed by atoms with E-state index in [-0.39, 0.29) is 10.8 Å². The first-order chi connectivity index (χ1) is 10.9. The minimum atomic E-state index is -0.499. The third kappa shape index (κ3) is 1.94. The smallest absolute Gasteiger partial charge is 0.0675 e. The number of hydrogen-bond acceptors (Lipinski definition) is 2. The Morgan fingerprint density at radius 2 is 1.87 bits per heavy atom. The van der Waals surface area contributed by atoms with Gasteiger partial charge in [0.05, 0.1) is 12.2 Å². The van der Waals surface area contributed by atoms with E-state index in [0.29, 0.717) is 30.3 Å². The Balaban J connectivity index is 1.75. The van der Waals surface area contributed by atoms with E-state index in [2.05, 4.69) is 26.8 Å². The summed E-state index contributed by atoms with van der Waals surface area (Å²) in [5, 5.41) is 21.4. The molecule has 0 aliphatic heterocycles. The van der Waals surface area contributed by atoms with Crippen molar-refractivity contribution in [2.45, 2.75) is 77.7 Å². The molecule has 0 aromatic carbocycles. The predicted octanol–water partition coefficient (Wildman–Crippen LogP) is 4.31. The molecule has 2 nitrogen and oxygen atoms in total. The van der Waals surface area contributed by atoms with Crippen LogP contribution in [-0.4, -0.2) is 22.4 Å². The molecule has 23 heavy (non-hydrogen) atoms. The standard InChI is InChI=1S/C21H34O2/c1-14-12-15-17-8-11-20(3,23)19(17,2)10-7-18(15)21(13-22)9-5-4-6-16(14)21/h6,14-15,17-18,22-23H,4-5,7-13H2,1-3H3/t14?,15-,17-,18+,19-,20?,21+/m0/s1. The highest BCUT2D eigenvalue weighted by Gasteiger charge is 2.63. The average molecular weight is 319 g/mol. The van der Waals surface area contributed by atoms with E-state index in [1.54, 1.807) is 5.57 Å². The topological polar surface area (TPSA) is 40.5 Å². The molecule has 7 atom stereocenters. The quantitative estimate of drug-likeness (QED) is 0.707. The molecule has 4 aliphatic rings. The van der Waals surface area contributed by atoms with Crippen molar-refractivity contribution in [2.24, 2.45) is 34.5 Å². The lowest BCUT2D eigenvalue weighted by Gasteiger charge is -2.60. The fourth-order valence-corrected chi connectivity index (χ4v) is 7.48. The highest BCUT2D eigenvalue weighted by atomic mass is 16.3. The summed E-state index contributed by atoms with van der Waals surface area (Å²) >= 11 is 0. The van der Waals surface area contributed by atoms with E-state index < -0.39 is 5.60 Å². The number of aliphatic hydroxyl groups excluding tert-OH is 1. The molecule has 3 fully saturated rings. The lowest BCUT2D eigenvalue weighted by Crippen LogP contribution is -2.56. The Kier molecular flexibility index (Phi) is 3.57. The molecule has 2 heteroatoms. The van der Waals surface area contributed by atoms with Crippen LogP contribution in [0.15, 0.2) is 11.6 Å². The summed E-state index contributed by atoms with van der Waals surface area (Å²) in [5.74, 6) is 2.59. The minimum Gasteiger partial charge on any atom is -0.395 e. The number of aliphatic hydroxyl groups is 2. The monoisotopic (exact) mass is 318 g/mol. The average Bonchev–Trinajstić information content (AvgIpc) is 2.78. The molecule has 0 heterocycles. The number of rotatable bonds is 1. The maximum Gasteiger partial charge on any atom is 0.0675 e. The molecule has 0 amide bonds. The molecule has 0 radical (unpaired) electrons. The molecule has 0 bridgehead atoms. The first-order valence-corrected chi connectivity index (χ1v) is 9.89. The third-order valence-corrected chi connectivity index (χ3v) is 8.91. The van der Waals surface area contributed by atoms with Crippen LogP contribution in [0.5, 0.6) is 0 Å². The van der Waals surface area contributed by atoms with Crippen LogP contribution in [0.4, 0.5) is 0 Å². The van der Waals surface area contributed by atoms with Gasteiger partial charge in [-0.05, 0) is 87.4 Å². The number of hydrogen-bond donors (Lipinski definition) is 2. The van der Waals surface area contributed by atoms with Gasteiger partial charge in [-0.1, -0.05) is 25.5 Å². The highest BCUT2D eigenvalue weighted by Crippen LogP contribution is 2.68.